The monoisotopic (exact) mass is 438 g/mol. The Balaban J connectivity index is 1.94. The van der Waals surface area contributed by atoms with Crippen molar-refractivity contribution in [2.45, 2.75) is 134 Å². The van der Waals surface area contributed by atoms with Crippen LogP contribution in [-0.4, -0.2) is 35.4 Å². The third kappa shape index (κ3) is 9.80. The Kier molecular flexibility index (Phi) is 12.3. The Morgan fingerprint density at radius 2 is 1.39 bits per heavy atom. The standard InChI is InChI=1S/C25H46N2O4/c26-22(23(28)29)17-11-14-20-27-24(30)31-25(18-12-7-3-4-8-13-19-25)21-15-9-5-1-2-6-10-16-21/h21-22H,1-20,26H2,(H,27,30)(H,28,29)/t22-/m0/s1. The molecule has 2 rings (SSSR count). The first-order valence-electron chi connectivity index (χ1n) is 13.0. The normalized spacial score (nSPS) is 22.5. The minimum Gasteiger partial charge on any atom is -0.480 e. The first-order valence-corrected chi connectivity index (χ1v) is 13.0. The van der Waals surface area contributed by atoms with Crippen LogP contribution in [0.1, 0.15) is 122 Å². The number of ether oxygens (including phenoxy) is 1. The number of rotatable bonds is 8. The van der Waals surface area contributed by atoms with E-state index in [2.05, 4.69) is 5.32 Å². The van der Waals surface area contributed by atoms with Gasteiger partial charge in [0.1, 0.15) is 11.6 Å². The number of carboxylic acids is 1. The molecule has 0 bridgehead atoms. The van der Waals surface area contributed by atoms with E-state index >= 15 is 0 Å². The summed E-state index contributed by atoms with van der Waals surface area (Å²) in [6.45, 7) is 0.506. The summed E-state index contributed by atoms with van der Waals surface area (Å²) >= 11 is 0. The lowest BCUT2D eigenvalue weighted by Gasteiger charge is -2.41. The summed E-state index contributed by atoms with van der Waals surface area (Å²) in [6, 6.07) is -0.822. The first kappa shape index (κ1) is 26.0. The molecule has 0 aromatic rings. The van der Waals surface area contributed by atoms with Crippen LogP contribution < -0.4 is 11.1 Å². The molecule has 2 aliphatic carbocycles. The van der Waals surface area contributed by atoms with Crippen LogP contribution in [0.2, 0.25) is 0 Å². The van der Waals surface area contributed by atoms with Gasteiger partial charge in [0.25, 0.3) is 0 Å². The van der Waals surface area contributed by atoms with E-state index in [0.717, 1.165) is 25.7 Å². The van der Waals surface area contributed by atoms with E-state index in [4.69, 9.17) is 15.6 Å². The molecule has 1 amide bonds. The Bertz CT molecular complexity index is 506. The molecule has 0 saturated heterocycles. The Morgan fingerprint density at radius 3 is 1.94 bits per heavy atom. The summed E-state index contributed by atoms with van der Waals surface area (Å²) in [5, 5.41) is 11.8. The predicted molar refractivity (Wildman–Crippen MR) is 124 cm³/mol. The number of alkyl carbamates (subject to hydrolysis) is 1. The molecule has 2 fully saturated rings. The third-order valence-corrected chi connectivity index (χ3v) is 7.37. The number of hydrogen-bond acceptors (Lipinski definition) is 4. The summed E-state index contributed by atoms with van der Waals surface area (Å²) < 4.78 is 6.34. The number of nitrogens with two attached hydrogens (primary N) is 1. The highest BCUT2D eigenvalue weighted by molar-refractivity contribution is 5.72. The van der Waals surface area contributed by atoms with Gasteiger partial charge in [0, 0.05) is 6.54 Å². The maximum atomic E-state index is 12.8. The second kappa shape index (κ2) is 14.7. The second-order valence-electron chi connectivity index (χ2n) is 9.84. The fourth-order valence-electron chi connectivity index (χ4n) is 5.46. The van der Waals surface area contributed by atoms with Gasteiger partial charge < -0.3 is 20.9 Å². The second-order valence-corrected chi connectivity index (χ2v) is 9.84. The Hall–Kier alpha value is -1.30. The van der Waals surface area contributed by atoms with Crippen LogP contribution in [0.3, 0.4) is 0 Å². The molecule has 31 heavy (non-hydrogen) atoms. The summed E-state index contributed by atoms with van der Waals surface area (Å²) in [7, 11) is 0. The highest BCUT2D eigenvalue weighted by Gasteiger charge is 2.41. The molecule has 0 spiro atoms. The van der Waals surface area contributed by atoms with Crippen molar-refractivity contribution in [3.05, 3.63) is 0 Å². The Labute approximate surface area is 189 Å². The molecule has 180 valence electrons. The van der Waals surface area contributed by atoms with E-state index in [9.17, 15) is 9.59 Å². The van der Waals surface area contributed by atoms with Gasteiger partial charge in [0.2, 0.25) is 0 Å². The SMILES string of the molecule is N[C@@H](CCCCNC(=O)OC1(C2CCCCCCCC2)CCCCCCCC1)C(=O)O. The number of carbonyl (C=O) groups excluding carboxylic acids is 1. The van der Waals surface area contributed by atoms with Crippen LogP contribution in [0.4, 0.5) is 4.79 Å². The van der Waals surface area contributed by atoms with E-state index in [0.29, 0.717) is 31.7 Å². The van der Waals surface area contributed by atoms with Crippen molar-refractivity contribution >= 4 is 12.1 Å². The van der Waals surface area contributed by atoms with E-state index in [1.165, 1.54) is 77.0 Å². The summed E-state index contributed by atoms with van der Waals surface area (Å²) in [5.41, 5.74) is 5.23. The number of amides is 1. The van der Waals surface area contributed by atoms with E-state index in [1.807, 2.05) is 0 Å². The average Bonchev–Trinajstić information content (AvgIpc) is 2.96. The van der Waals surface area contributed by atoms with Gasteiger partial charge in [-0.15, -0.1) is 0 Å². The first-order chi connectivity index (χ1) is 15.0. The minimum absolute atomic E-state index is 0.290. The van der Waals surface area contributed by atoms with Crippen molar-refractivity contribution in [1.82, 2.24) is 5.32 Å². The summed E-state index contributed by atoms with van der Waals surface area (Å²) in [6.07, 6.45) is 21.1. The zero-order chi connectivity index (χ0) is 22.4. The molecule has 0 aromatic carbocycles. The van der Waals surface area contributed by atoms with Crippen molar-refractivity contribution in [2.24, 2.45) is 11.7 Å². The van der Waals surface area contributed by atoms with Crippen molar-refractivity contribution < 1.29 is 19.4 Å². The number of carboxylic acid groups (broad SMARTS) is 1. The van der Waals surface area contributed by atoms with Gasteiger partial charge >= 0.3 is 12.1 Å². The molecule has 0 radical (unpaired) electrons. The van der Waals surface area contributed by atoms with Crippen molar-refractivity contribution in [3.8, 4) is 0 Å². The smallest absolute Gasteiger partial charge is 0.407 e. The van der Waals surface area contributed by atoms with E-state index in [-0.39, 0.29) is 11.7 Å². The number of nitrogens with one attached hydrogen (secondary N) is 1. The van der Waals surface area contributed by atoms with Crippen LogP contribution in [0.15, 0.2) is 0 Å². The van der Waals surface area contributed by atoms with Crippen LogP contribution in [0.25, 0.3) is 0 Å². The number of aliphatic carboxylic acids is 1. The molecule has 1 atom stereocenters. The van der Waals surface area contributed by atoms with Crippen LogP contribution in [0, 0.1) is 5.92 Å². The maximum absolute atomic E-state index is 12.8. The number of carbonyl (C=O) groups is 2. The molecule has 0 aromatic heterocycles. The van der Waals surface area contributed by atoms with Gasteiger partial charge in [-0.2, -0.15) is 0 Å². The van der Waals surface area contributed by atoms with Crippen LogP contribution in [0.5, 0.6) is 0 Å². The molecule has 4 N–H and O–H groups in total. The molecule has 2 aliphatic rings. The lowest BCUT2D eigenvalue weighted by Crippen LogP contribution is -2.45. The molecule has 0 heterocycles. The largest absolute Gasteiger partial charge is 0.480 e. The predicted octanol–water partition coefficient (Wildman–Crippen LogP) is 5.92. The highest BCUT2D eigenvalue weighted by Crippen LogP contribution is 2.41. The maximum Gasteiger partial charge on any atom is 0.407 e. The van der Waals surface area contributed by atoms with Crippen molar-refractivity contribution in [2.75, 3.05) is 6.54 Å². The van der Waals surface area contributed by atoms with Gasteiger partial charge in [-0.3, -0.25) is 4.79 Å². The highest BCUT2D eigenvalue weighted by atomic mass is 16.6. The third-order valence-electron chi connectivity index (χ3n) is 7.37. The molecule has 0 unspecified atom stereocenters. The quantitative estimate of drug-likeness (QED) is 0.408. The molecule has 0 aliphatic heterocycles. The van der Waals surface area contributed by atoms with Gasteiger partial charge in [-0.05, 0) is 63.7 Å². The van der Waals surface area contributed by atoms with Crippen molar-refractivity contribution in [3.63, 3.8) is 0 Å². The van der Waals surface area contributed by atoms with E-state index < -0.39 is 12.0 Å². The summed E-state index contributed by atoms with van der Waals surface area (Å²) in [5.74, 6) is -0.493. The zero-order valence-electron chi connectivity index (χ0n) is 19.5. The fraction of sp³-hybridized carbons (Fsp3) is 0.920. The molecular weight excluding hydrogens is 392 g/mol. The van der Waals surface area contributed by atoms with Crippen molar-refractivity contribution in [1.29, 1.82) is 0 Å². The van der Waals surface area contributed by atoms with Gasteiger partial charge in [-0.1, -0.05) is 64.2 Å². The lowest BCUT2D eigenvalue weighted by molar-refractivity contribution is -0.138. The average molecular weight is 439 g/mol. The minimum atomic E-state index is -0.968. The molecule has 2 saturated carbocycles. The zero-order valence-corrected chi connectivity index (χ0v) is 19.5. The topological polar surface area (TPSA) is 102 Å². The fourth-order valence-corrected chi connectivity index (χ4v) is 5.46. The number of unbranched alkanes of at least 4 members (excludes halogenated alkanes) is 1. The van der Waals surface area contributed by atoms with Gasteiger partial charge in [0.15, 0.2) is 0 Å². The van der Waals surface area contributed by atoms with Gasteiger partial charge in [0.05, 0.1) is 0 Å². The molecule has 6 nitrogen and oxygen atoms in total. The van der Waals surface area contributed by atoms with Crippen LogP contribution in [-0.2, 0) is 9.53 Å². The van der Waals surface area contributed by atoms with E-state index in [1.54, 1.807) is 0 Å². The van der Waals surface area contributed by atoms with Gasteiger partial charge in [-0.25, -0.2) is 4.79 Å². The van der Waals surface area contributed by atoms with Crippen LogP contribution >= 0.6 is 0 Å². The summed E-state index contributed by atoms with van der Waals surface area (Å²) in [4.78, 5) is 23.6. The lowest BCUT2D eigenvalue weighted by atomic mass is 9.74. The Morgan fingerprint density at radius 1 is 0.871 bits per heavy atom. The molecule has 6 heteroatoms. The molecular formula is C25H46N2O4. The number of hydrogen-bond donors (Lipinski definition) is 3.